The summed E-state index contributed by atoms with van der Waals surface area (Å²) in [7, 11) is 0. The van der Waals surface area contributed by atoms with Crippen molar-refractivity contribution in [2.45, 2.75) is 104 Å². The number of phenolic OH excluding ortho intramolecular Hbond substituents is 1. The standard InChI is InChI=1S/C28H38O/c1-18-16-25(19(2)15-24(18)22-11-7-5-8-12-22)27-20(3)17-26(21(4)28(27)29)23-13-9-6-10-14-23/h15-17,22-23,29H,5-14H2,1-4H3. The molecule has 2 aromatic carbocycles. The lowest BCUT2D eigenvalue weighted by molar-refractivity contribution is 0.435. The normalized spacial score (nSPS) is 18.9. The third-order valence-corrected chi connectivity index (χ3v) is 7.76. The van der Waals surface area contributed by atoms with E-state index < -0.39 is 0 Å². The second-order valence-electron chi connectivity index (χ2n) is 9.82. The Hall–Kier alpha value is -1.76. The van der Waals surface area contributed by atoms with E-state index in [4.69, 9.17) is 0 Å². The number of rotatable bonds is 3. The fraction of sp³-hybridized carbons (Fsp3) is 0.571. The maximum atomic E-state index is 11.3. The molecule has 29 heavy (non-hydrogen) atoms. The molecule has 1 nitrogen and oxygen atoms in total. The van der Waals surface area contributed by atoms with E-state index in [1.807, 2.05) is 0 Å². The van der Waals surface area contributed by atoms with Crippen molar-refractivity contribution < 1.29 is 5.11 Å². The summed E-state index contributed by atoms with van der Waals surface area (Å²) in [5.41, 5.74) is 10.2. The number of phenols is 1. The Morgan fingerprint density at radius 2 is 1.14 bits per heavy atom. The topological polar surface area (TPSA) is 20.2 Å². The zero-order valence-corrected chi connectivity index (χ0v) is 18.9. The predicted octanol–water partition coefficient (Wildman–Crippen LogP) is 8.39. The van der Waals surface area contributed by atoms with Crippen LogP contribution in [-0.4, -0.2) is 5.11 Å². The lowest BCUT2D eigenvalue weighted by atomic mass is 9.78. The van der Waals surface area contributed by atoms with Gasteiger partial charge in [0.15, 0.2) is 0 Å². The van der Waals surface area contributed by atoms with E-state index in [2.05, 4.69) is 45.9 Å². The van der Waals surface area contributed by atoms with Crippen molar-refractivity contribution in [3.63, 3.8) is 0 Å². The van der Waals surface area contributed by atoms with E-state index in [1.165, 1.54) is 92.0 Å². The molecule has 4 rings (SSSR count). The first-order valence-electron chi connectivity index (χ1n) is 11.9. The summed E-state index contributed by atoms with van der Waals surface area (Å²) < 4.78 is 0. The minimum Gasteiger partial charge on any atom is -0.507 e. The van der Waals surface area contributed by atoms with Gasteiger partial charge in [0.05, 0.1) is 0 Å². The number of hydrogen-bond donors (Lipinski definition) is 1. The highest BCUT2D eigenvalue weighted by atomic mass is 16.3. The van der Waals surface area contributed by atoms with Gasteiger partial charge in [0.1, 0.15) is 5.75 Å². The molecule has 156 valence electrons. The molecular weight excluding hydrogens is 352 g/mol. The smallest absolute Gasteiger partial charge is 0.126 e. The molecule has 0 bridgehead atoms. The fourth-order valence-corrected chi connectivity index (χ4v) is 6.06. The Balaban J connectivity index is 1.74. The molecule has 2 aliphatic carbocycles. The van der Waals surface area contributed by atoms with Crippen LogP contribution in [0.1, 0.15) is 109 Å². The number of benzene rings is 2. The molecule has 2 fully saturated rings. The number of aromatic hydroxyl groups is 1. The quantitative estimate of drug-likeness (QED) is 0.558. The molecule has 0 atom stereocenters. The lowest BCUT2D eigenvalue weighted by Crippen LogP contribution is -2.08. The fourth-order valence-electron chi connectivity index (χ4n) is 6.06. The summed E-state index contributed by atoms with van der Waals surface area (Å²) in [6, 6.07) is 7.15. The van der Waals surface area contributed by atoms with Crippen molar-refractivity contribution in [3.05, 3.63) is 51.6 Å². The largest absolute Gasteiger partial charge is 0.507 e. The highest BCUT2D eigenvalue weighted by Gasteiger charge is 2.24. The zero-order valence-electron chi connectivity index (χ0n) is 18.9. The van der Waals surface area contributed by atoms with Crippen molar-refractivity contribution in [2.24, 2.45) is 0 Å². The minimum atomic E-state index is 0.512. The molecule has 0 radical (unpaired) electrons. The molecule has 1 heteroatoms. The van der Waals surface area contributed by atoms with Crippen LogP contribution in [0.2, 0.25) is 0 Å². The molecule has 1 N–H and O–H groups in total. The zero-order chi connectivity index (χ0) is 20.5. The highest BCUT2D eigenvalue weighted by molar-refractivity contribution is 5.79. The second kappa shape index (κ2) is 8.54. The SMILES string of the molecule is Cc1cc(C2CCCCC2)c(C)cc1-c1c(C)cc(C2CCCCC2)c(C)c1O. The average molecular weight is 391 g/mol. The summed E-state index contributed by atoms with van der Waals surface area (Å²) >= 11 is 0. The molecule has 0 saturated heterocycles. The Bertz CT molecular complexity index is 880. The van der Waals surface area contributed by atoms with Crippen LogP contribution in [0.15, 0.2) is 18.2 Å². The Morgan fingerprint density at radius 1 is 0.621 bits per heavy atom. The summed E-state index contributed by atoms with van der Waals surface area (Å²) in [5, 5.41) is 11.3. The van der Waals surface area contributed by atoms with E-state index in [1.54, 1.807) is 5.56 Å². The van der Waals surface area contributed by atoms with E-state index in [9.17, 15) is 5.11 Å². The maximum absolute atomic E-state index is 11.3. The summed E-state index contributed by atoms with van der Waals surface area (Å²) in [6.45, 7) is 8.80. The Labute approximate surface area is 177 Å². The average Bonchev–Trinajstić information content (AvgIpc) is 2.74. The first-order valence-corrected chi connectivity index (χ1v) is 11.9. The Morgan fingerprint density at radius 3 is 1.72 bits per heavy atom. The molecule has 0 amide bonds. The summed E-state index contributed by atoms with van der Waals surface area (Å²) in [4.78, 5) is 0. The van der Waals surface area contributed by atoms with Gasteiger partial charge < -0.3 is 5.11 Å². The van der Waals surface area contributed by atoms with Crippen molar-refractivity contribution in [1.29, 1.82) is 0 Å². The van der Waals surface area contributed by atoms with Gasteiger partial charge in [-0.1, -0.05) is 56.7 Å². The first kappa shape index (κ1) is 20.5. The van der Waals surface area contributed by atoms with Gasteiger partial charge in [-0.3, -0.25) is 0 Å². The number of hydrogen-bond acceptors (Lipinski definition) is 1. The molecule has 0 spiro atoms. The van der Waals surface area contributed by atoms with Gasteiger partial charge in [0, 0.05) is 5.56 Å². The van der Waals surface area contributed by atoms with E-state index >= 15 is 0 Å². The number of aryl methyl sites for hydroxylation is 3. The second-order valence-corrected chi connectivity index (χ2v) is 9.82. The first-order chi connectivity index (χ1) is 14.0. The maximum Gasteiger partial charge on any atom is 0.126 e. The van der Waals surface area contributed by atoms with Gasteiger partial charge in [0.2, 0.25) is 0 Å². The molecule has 0 aromatic heterocycles. The van der Waals surface area contributed by atoms with Crippen molar-refractivity contribution in [3.8, 4) is 16.9 Å². The van der Waals surface area contributed by atoms with Crippen LogP contribution in [0, 0.1) is 27.7 Å². The van der Waals surface area contributed by atoms with Gasteiger partial charge in [-0.05, 0) is 104 Å². The third kappa shape index (κ3) is 3.98. The van der Waals surface area contributed by atoms with Gasteiger partial charge >= 0.3 is 0 Å². The predicted molar refractivity (Wildman–Crippen MR) is 124 cm³/mol. The Kier molecular flexibility index (Phi) is 6.04. The van der Waals surface area contributed by atoms with Crippen LogP contribution >= 0.6 is 0 Å². The van der Waals surface area contributed by atoms with E-state index in [0.717, 1.165) is 17.0 Å². The molecule has 0 aliphatic heterocycles. The van der Waals surface area contributed by atoms with Crippen LogP contribution < -0.4 is 0 Å². The molecule has 2 saturated carbocycles. The van der Waals surface area contributed by atoms with Gasteiger partial charge in [-0.2, -0.15) is 0 Å². The van der Waals surface area contributed by atoms with Crippen LogP contribution in [0.4, 0.5) is 0 Å². The van der Waals surface area contributed by atoms with E-state index in [-0.39, 0.29) is 0 Å². The highest BCUT2D eigenvalue weighted by Crippen LogP contribution is 2.45. The molecule has 2 aromatic rings. The van der Waals surface area contributed by atoms with Crippen molar-refractivity contribution >= 4 is 0 Å². The molecular formula is C28H38O. The van der Waals surface area contributed by atoms with Gasteiger partial charge in [-0.15, -0.1) is 0 Å². The monoisotopic (exact) mass is 390 g/mol. The van der Waals surface area contributed by atoms with Crippen LogP contribution in [0.3, 0.4) is 0 Å². The van der Waals surface area contributed by atoms with Gasteiger partial charge in [-0.25, -0.2) is 0 Å². The van der Waals surface area contributed by atoms with Crippen LogP contribution in [0.25, 0.3) is 11.1 Å². The van der Waals surface area contributed by atoms with Gasteiger partial charge in [0.25, 0.3) is 0 Å². The molecule has 0 unspecified atom stereocenters. The van der Waals surface area contributed by atoms with Crippen molar-refractivity contribution in [2.75, 3.05) is 0 Å². The minimum absolute atomic E-state index is 0.512. The van der Waals surface area contributed by atoms with Crippen LogP contribution in [-0.2, 0) is 0 Å². The molecule has 2 aliphatic rings. The van der Waals surface area contributed by atoms with Crippen molar-refractivity contribution in [1.82, 2.24) is 0 Å². The van der Waals surface area contributed by atoms with E-state index in [0.29, 0.717) is 11.7 Å². The molecule has 0 heterocycles. The van der Waals surface area contributed by atoms with Crippen LogP contribution in [0.5, 0.6) is 5.75 Å². The lowest BCUT2D eigenvalue weighted by Gasteiger charge is -2.27. The summed E-state index contributed by atoms with van der Waals surface area (Å²) in [6.07, 6.45) is 13.4. The third-order valence-electron chi connectivity index (χ3n) is 7.76. The summed E-state index contributed by atoms with van der Waals surface area (Å²) in [5.74, 6) is 1.86.